The summed E-state index contributed by atoms with van der Waals surface area (Å²) in [6.07, 6.45) is 11.1. The summed E-state index contributed by atoms with van der Waals surface area (Å²) in [5.74, 6) is 1.86. The second kappa shape index (κ2) is 13.4. The van der Waals surface area contributed by atoms with Crippen molar-refractivity contribution in [1.29, 1.82) is 0 Å². The van der Waals surface area contributed by atoms with Crippen molar-refractivity contribution in [1.82, 2.24) is 4.90 Å². The molecule has 5 aliphatic carbocycles. The van der Waals surface area contributed by atoms with Gasteiger partial charge in [-0.15, -0.1) is 0 Å². The number of benzene rings is 4. The topological polar surface area (TPSA) is 74.3 Å². The Morgan fingerprint density at radius 1 is 0.649 bits per heavy atom. The minimum absolute atomic E-state index is 0.173. The summed E-state index contributed by atoms with van der Waals surface area (Å²) in [7, 11) is 3.32. The van der Waals surface area contributed by atoms with Gasteiger partial charge in [0.2, 0.25) is 0 Å². The van der Waals surface area contributed by atoms with Gasteiger partial charge < -0.3 is 23.8 Å². The Bertz CT molecular complexity index is 2320. The largest absolute Gasteiger partial charge is 0.493 e. The molecular formula is C50H49NO6. The molecule has 4 fully saturated rings. The lowest BCUT2D eigenvalue weighted by atomic mass is 9.61. The van der Waals surface area contributed by atoms with Crippen LogP contribution < -0.4 is 9.47 Å². The number of fused-ring (bicyclic) bond motifs is 12. The van der Waals surface area contributed by atoms with Crippen LogP contribution in [0, 0.1) is 23.7 Å². The molecule has 4 bridgehead atoms. The number of rotatable bonds is 7. The van der Waals surface area contributed by atoms with Crippen LogP contribution >= 0.6 is 0 Å². The molecule has 7 heteroatoms. The molecule has 2 heterocycles. The molecule has 57 heavy (non-hydrogen) atoms. The van der Waals surface area contributed by atoms with Gasteiger partial charge in [0.25, 0.3) is 0 Å². The minimum atomic E-state index is -1.13. The summed E-state index contributed by atoms with van der Waals surface area (Å²) in [5, 5.41) is 0. The maximum absolute atomic E-state index is 16.0. The summed E-state index contributed by atoms with van der Waals surface area (Å²) in [4.78, 5) is 33.7. The average Bonchev–Trinajstić information content (AvgIpc) is 4.09. The highest BCUT2D eigenvalue weighted by atomic mass is 16.6. The zero-order chi connectivity index (χ0) is 38.4. The molecule has 7 aliphatic rings. The number of methoxy groups -OCH3 is 2. The van der Waals surface area contributed by atoms with Crippen LogP contribution in [0.15, 0.2) is 108 Å². The summed E-state index contributed by atoms with van der Waals surface area (Å²) in [5.41, 5.74) is 7.61. The van der Waals surface area contributed by atoms with E-state index in [0.29, 0.717) is 59.4 Å². The lowest BCUT2D eigenvalue weighted by molar-refractivity contribution is -0.152. The molecule has 4 aromatic carbocycles. The van der Waals surface area contributed by atoms with Crippen molar-refractivity contribution in [2.75, 3.05) is 20.8 Å². The molecule has 2 aliphatic heterocycles. The molecule has 7 nitrogen and oxygen atoms in total. The number of carbonyl (C=O) groups is 2. The lowest BCUT2D eigenvalue weighted by Gasteiger charge is -2.40. The van der Waals surface area contributed by atoms with Crippen molar-refractivity contribution in [3.8, 4) is 22.6 Å². The molecule has 0 radical (unpaired) electrons. The van der Waals surface area contributed by atoms with Crippen molar-refractivity contribution in [3.05, 3.63) is 136 Å². The smallest absolute Gasteiger partial charge is 0.355 e. The number of carbonyl (C=O) groups excluding carboxylic acids is 2. The summed E-state index contributed by atoms with van der Waals surface area (Å²) < 4.78 is 25.3. The second-order valence-electron chi connectivity index (χ2n) is 17.6. The highest BCUT2D eigenvalue weighted by Gasteiger charge is 2.59. The van der Waals surface area contributed by atoms with Crippen LogP contribution in [-0.2, 0) is 30.9 Å². The first kappa shape index (κ1) is 34.9. The zero-order valence-corrected chi connectivity index (χ0v) is 32.7. The third-order valence-corrected chi connectivity index (χ3v) is 14.9. The van der Waals surface area contributed by atoms with Crippen LogP contribution in [0.5, 0.6) is 11.5 Å². The lowest BCUT2D eigenvalue weighted by Crippen LogP contribution is -2.43. The summed E-state index contributed by atoms with van der Waals surface area (Å²) >= 11 is 0. The molecular weight excluding hydrogens is 711 g/mol. The molecule has 1 spiro atoms. The number of hydrogen-bond acceptors (Lipinski definition) is 7. The number of hydrogen-bond donors (Lipinski definition) is 0. The molecule has 290 valence electrons. The van der Waals surface area contributed by atoms with E-state index in [0.717, 1.165) is 83.2 Å². The Morgan fingerprint density at radius 3 is 1.81 bits per heavy atom. The Labute approximate surface area is 334 Å². The standard InChI is InChI=1S/C50H49NO6/c1-54-44-26-32-20-21-51-41(37(32)27-45(44)55-2)28-40(31-10-4-3-5-11-31)50(38-14-8-6-12-35(38)36-13-7-9-15-39(36)50)46(48(52)56-42-24-29-16-18-33(42)22-29)47(51)49(53)57-43-25-30-17-19-34(43)23-30/h3-15,26-30,33-34,40,42-43H,16-25H2,1-2H3/t29-,30+,33+,34-,40+,42+,43-/m0/s1. The number of nitrogens with zero attached hydrogens (tertiary/aromatic N) is 1. The van der Waals surface area contributed by atoms with Gasteiger partial charge >= 0.3 is 11.9 Å². The Morgan fingerprint density at radius 2 is 1.23 bits per heavy atom. The van der Waals surface area contributed by atoms with Crippen LogP contribution in [-0.4, -0.2) is 49.8 Å². The molecule has 7 atom stereocenters. The fourth-order valence-corrected chi connectivity index (χ4v) is 12.4. The number of allylic oxidation sites excluding steroid dienone is 1. The van der Waals surface area contributed by atoms with Gasteiger partial charge in [0.05, 0.1) is 25.2 Å². The Balaban J connectivity index is 1.23. The van der Waals surface area contributed by atoms with Gasteiger partial charge in [-0.1, -0.05) is 84.9 Å². The van der Waals surface area contributed by atoms with E-state index in [4.69, 9.17) is 18.9 Å². The van der Waals surface area contributed by atoms with Gasteiger partial charge in [0, 0.05) is 23.7 Å². The summed E-state index contributed by atoms with van der Waals surface area (Å²) in [6, 6.07) is 31.5. The fraction of sp³-hybridized carbons (Fsp3) is 0.400. The first-order valence-corrected chi connectivity index (χ1v) is 21.1. The maximum Gasteiger partial charge on any atom is 0.355 e. The van der Waals surface area contributed by atoms with Crippen LogP contribution in [0.1, 0.15) is 85.1 Å². The zero-order valence-electron chi connectivity index (χ0n) is 32.7. The van der Waals surface area contributed by atoms with Crippen molar-refractivity contribution >= 4 is 17.6 Å². The molecule has 0 amide bonds. The first-order valence-electron chi connectivity index (χ1n) is 21.1. The van der Waals surface area contributed by atoms with E-state index < -0.39 is 23.3 Å². The summed E-state index contributed by atoms with van der Waals surface area (Å²) in [6.45, 7) is 0.473. The molecule has 11 rings (SSSR count). The Kier molecular flexibility index (Phi) is 8.20. The second-order valence-corrected chi connectivity index (χ2v) is 17.6. The van der Waals surface area contributed by atoms with Gasteiger partial charge in [-0.05, 0) is 127 Å². The van der Waals surface area contributed by atoms with Crippen molar-refractivity contribution in [2.24, 2.45) is 23.7 Å². The highest BCUT2D eigenvalue weighted by molar-refractivity contribution is 6.07. The number of esters is 2. The highest BCUT2D eigenvalue weighted by Crippen LogP contribution is 2.63. The Hall–Kier alpha value is -5.30. The average molecular weight is 760 g/mol. The minimum Gasteiger partial charge on any atom is -0.493 e. The third-order valence-electron chi connectivity index (χ3n) is 14.9. The van der Waals surface area contributed by atoms with Crippen LogP contribution in [0.4, 0.5) is 0 Å². The van der Waals surface area contributed by atoms with Gasteiger partial charge in [-0.2, -0.15) is 0 Å². The predicted octanol–water partition coefficient (Wildman–Crippen LogP) is 9.38. The van der Waals surface area contributed by atoms with Crippen molar-refractivity contribution in [3.63, 3.8) is 0 Å². The van der Waals surface area contributed by atoms with Crippen LogP contribution in [0.25, 0.3) is 16.8 Å². The van der Waals surface area contributed by atoms with Crippen LogP contribution in [0.3, 0.4) is 0 Å². The van der Waals surface area contributed by atoms with E-state index in [-0.39, 0.29) is 12.2 Å². The van der Waals surface area contributed by atoms with Gasteiger partial charge in [-0.3, -0.25) is 0 Å². The SMILES string of the molecule is COc1cc2c(cc1OC)C1=C[C@H](c3ccccc3)C3(C(C(=O)O[C@@H]4C[C@H]5CC[C@@H]4C5)=C(C(=O)O[C@H]4C[C@@H]5CC[C@H]4C5)N1CC2)c1ccccc1-c1ccccc13. The predicted molar refractivity (Wildman–Crippen MR) is 217 cm³/mol. The molecule has 0 saturated heterocycles. The molecule has 4 aromatic rings. The molecule has 0 aromatic heterocycles. The van der Waals surface area contributed by atoms with E-state index in [1.54, 1.807) is 14.2 Å². The van der Waals surface area contributed by atoms with Crippen molar-refractivity contribution < 1.29 is 28.5 Å². The number of ether oxygens (including phenoxy) is 4. The normalized spacial score (nSPS) is 28.3. The third kappa shape index (κ3) is 5.23. The fourth-order valence-electron chi connectivity index (χ4n) is 12.4. The quantitative estimate of drug-likeness (QED) is 0.174. The van der Waals surface area contributed by atoms with Gasteiger partial charge in [0.15, 0.2) is 11.5 Å². The van der Waals surface area contributed by atoms with E-state index in [1.165, 1.54) is 12.8 Å². The van der Waals surface area contributed by atoms with E-state index in [1.807, 2.05) is 12.1 Å². The van der Waals surface area contributed by atoms with E-state index >= 15 is 9.59 Å². The van der Waals surface area contributed by atoms with Gasteiger partial charge in [0.1, 0.15) is 17.9 Å². The molecule has 0 unspecified atom stereocenters. The first-order chi connectivity index (χ1) is 28.0. The van der Waals surface area contributed by atoms with Gasteiger partial charge in [-0.25, -0.2) is 9.59 Å². The molecule has 0 N–H and O–H groups in total. The van der Waals surface area contributed by atoms with E-state index in [9.17, 15) is 0 Å². The molecule has 4 saturated carbocycles. The monoisotopic (exact) mass is 759 g/mol. The van der Waals surface area contributed by atoms with Crippen LogP contribution in [0.2, 0.25) is 0 Å². The van der Waals surface area contributed by atoms with E-state index in [2.05, 4.69) is 89.8 Å². The van der Waals surface area contributed by atoms with Crippen molar-refractivity contribution in [2.45, 2.75) is 81.3 Å². The maximum atomic E-state index is 16.0.